The van der Waals surface area contributed by atoms with Crippen LogP contribution >= 0.6 is 22.6 Å². The summed E-state index contributed by atoms with van der Waals surface area (Å²) in [5.74, 6) is -3.94. The minimum Gasteiger partial charge on any atom is -0.491 e. The van der Waals surface area contributed by atoms with Crippen LogP contribution in [0.5, 0.6) is 5.75 Å². The van der Waals surface area contributed by atoms with Gasteiger partial charge in [0, 0.05) is 21.3 Å². The van der Waals surface area contributed by atoms with Crippen LogP contribution in [0.3, 0.4) is 0 Å². The lowest BCUT2D eigenvalue weighted by atomic mass is 9.65. The molecule has 3 aliphatic heterocycles. The molecule has 3 heterocycles. The fraction of sp³-hybridized carbons (Fsp3) is 0.217. The maximum atomic E-state index is 16.1. The molecular formula is C46H38IN3O11. The van der Waals surface area contributed by atoms with Gasteiger partial charge in [0.2, 0.25) is 5.91 Å². The van der Waals surface area contributed by atoms with E-state index in [1.54, 1.807) is 42.5 Å². The van der Waals surface area contributed by atoms with Crippen LogP contribution in [0, 0.1) is 19.6 Å². The molecule has 0 radical (unpaired) electrons. The van der Waals surface area contributed by atoms with Gasteiger partial charge >= 0.3 is 18.0 Å². The maximum absolute atomic E-state index is 16.1. The third-order valence-electron chi connectivity index (χ3n) is 11.3. The minimum absolute atomic E-state index is 0.114. The van der Waals surface area contributed by atoms with Crippen molar-refractivity contribution >= 4 is 57.9 Å². The normalized spacial score (nSPS) is 22.9. The number of non-ortho nitro benzene ring substituents is 1. The maximum Gasteiger partial charge on any atom is 0.421 e. The van der Waals surface area contributed by atoms with Crippen molar-refractivity contribution in [3.63, 3.8) is 0 Å². The van der Waals surface area contributed by atoms with Crippen molar-refractivity contribution in [1.82, 2.24) is 4.90 Å². The molecule has 0 bridgehead atoms. The summed E-state index contributed by atoms with van der Waals surface area (Å²) in [7, 11) is 0. The summed E-state index contributed by atoms with van der Waals surface area (Å²) in [6.45, 7) is 2.65. The largest absolute Gasteiger partial charge is 0.491 e. The lowest BCUT2D eigenvalue weighted by molar-refractivity contribution is -0.384. The first-order valence-electron chi connectivity index (χ1n) is 19.3. The lowest BCUT2D eigenvalue weighted by Crippen LogP contribution is -2.53. The highest BCUT2D eigenvalue weighted by molar-refractivity contribution is 14.1. The van der Waals surface area contributed by atoms with Gasteiger partial charge in [-0.1, -0.05) is 91.5 Å². The van der Waals surface area contributed by atoms with Gasteiger partial charge in [0.25, 0.3) is 5.69 Å². The Balaban J connectivity index is 1.39. The first kappa shape index (κ1) is 41.3. The zero-order valence-electron chi connectivity index (χ0n) is 32.4. The zero-order chi connectivity index (χ0) is 42.8. The number of fused-ring (bicyclic) bond motifs is 3. The second kappa shape index (κ2) is 17.3. The Kier molecular flexibility index (Phi) is 11.7. The number of para-hydroxylation sites is 1. The Bertz CT molecular complexity index is 2500. The highest BCUT2D eigenvalue weighted by Gasteiger charge is 2.76. The van der Waals surface area contributed by atoms with Crippen LogP contribution in [0.4, 0.5) is 16.2 Å². The number of ether oxygens (including phenoxy) is 4. The van der Waals surface area contributed by atoms with Gasteiger partial charge in [0.1, 0.15) is 49.0 Å². The van der Waals surface area contributed by atoms with Gasteiger partial charge in [-0.25, -0.2) is 9.69 Å². The summed E-state index contributed by atoms with van der Waals surface area (Å²) < 4.78 is 24.8. The number of amides is 2. The van der Waals surface area contributed by atoms with Gasteiger partial charge in [0.15, 0.2) is 0 Å². The number of rotatable bonds is 12. The molecule has 15 heteroatoms. The van der Waals surface area contributed by atoms with E-state index < -0.39 is 64.4 Å². The molecular weight excluding hydrogens is 897 g/mol. The fourth-order valence-corrected chi connectivity index (χ4v) is 9.43. The predicted octanol–water partition coefficient (Wildman–Crippen LogP) is 7.30. The van der Waals surface area contributed by atoms with Gasteiger partial charge in [-0.15, -0.1) is 0 Å². The number of morpholine rings is 1. The van der Waals surface area contributed by atoms with Gasteiger partial charge in [-0.05, 0) is 81.2 Å². The van der Waals surface area contributed by atoms with Crippen molar-refractivity contribution in [2.45, 2.75) is 36.3 Å². The highest BCUT2D eigenvalue weighted by atomic mass is 127. The minimum atomic E-state index is -2.10. The Morgan fingerprint density at radius 3 is 2.23 bits per heavy atom. The second-order valence-electron chi connectivity index (χ2n) is 14.6. The molecule has 2 saturated heterocycles. The first-order chi connectivity index (χ1) is 29.6. The van der Waals surface area contributed by atoms with Crippen LogP contribution in [0.2, 0.25) is 0 Å². The lowest BCUT2D eigenvalue weighted by Gasteiger charge is -2.46. The van der Waals surface area contributed by atoms with Crippen molar-refractivity contribution in [2.24, 2.45) is 5.92 Å². The van der Waals surface area contributed by atoms with E-state index in [9.17, 15) is 24.8 Å². The molecule has 14 nitrogen and oxygen atoms in total. The predicted molar refractivity (Wildman–Crippen MR) is 228 cm³/mol. The van der Waals surface area contributed by atoms with Gasteiger partial charge in [0.05, 0.1) is 29.3 Å². The van der Waals surface area contributed by atoms with Crippen LogP contribution in [-0.2, 0) is 40.6 Å². The van der Waals surface area contributed by atoms with Crippen molar-refractivity contribution in [1.29, 1.82) is 0 Å². The van der Waals surface area contributed by atoms with Crippen LogP contribution in [0.1, 0.15) is 46.0 Å². The third kappa shape index (κ3) is 7.21. The number of esters is 2. The number of anilines is 1. The Labute approximate surface area is 363 Å². The number of halogens is 1. The number of hydrogen-bond donors (Lipinski definition) is 1. The molecule has 3 aliphatic rings. The molecule has 0 unspecified atom stereocenters. The monoisotopic (exact) mass is 935 g/mol. The summed E-state index contributed by atoms with van der Waals surface area (Å²) >= 11 is 2.09. The number of benzene rings is 5. The molecule has 5 aromatic carbocycles. The summed E-state index contributed by atoms with van der Waals surface area (Å²) in [4.78, 5) is 74.0. The number of carbonyl (C=O) groups is 4. The summed E-state index contributed by atoms with van der Waals surface area (Å²) in [6.07, 6.45) is -0.659. The van der Waals surface area contributed by atoms with Crippen LogP contribution in [-0.4, -0.2) is 64.7 Å². The second-order valence-corrected chi connectivity index (χ2v) is 15.8. The van der Waals surface area contributed by atoms with E-state index in [0.29, 0.717) is 25.8 Å². The van der Waals surface area contributed by atoms with Crippen LogP contribution < -0.4 is 9.64 Å². The molecule has 0 aromatic heterocycles. The number of nitrogens with zero attached hydrogens (tertiary/aromatic N) is 3. The Morgan fingerprint density at radius 1 is 0.885 bits per heavy atom. The molecule has 0 aliphatic carbocycles. The number of nitro benzene ring substituents is 1. The summed E-state index contributed by atoms with van der Waals surface area (Å²) in [6, 6.07) is 32.2. The van der Waals surface area contributed by atoms with E-state index in [1.165, 1.54) is 30.3 Å². The average molecular weight is 936 g/mol. The third-order valence-corrected chi connectivity index (χ3v) is 11.9. The molecule has 61 heavy (non-hydrogen) atoms. The number of aliphatic hydroxyl groups excluding tert-OH is 1. The van der Waals surface area contributed by atoms with Crippen LogP contribution in [0.25, 0.3) is 0 Å². The number of nitro groups is 1. The quantitative estimate of drug-likeness (QED) is 0.0331. The SMILES string of the molecule is C=CCOC(=O)[C@H]1[C@@H]2C(=O)O[C@@H](c3ccccc3)[C@@H](c3ccccc3)N2[C@@H](c2ccccc2OCCO)[C@]12C(=O)N(C(=O)OCc1ccc([N+](=O)[O-])cc1)c1ccc(I)cc12. The molecule has 8 rings (SSSR count). The number of aliphatic hydroxyl groups is 1. The van der Waals surface area contributed by atoms with E-state index in [1.807, 2.05) is 65.6 Å². The van der Waals surface area contributed by atoms with Gasteiger partial charge in [-0.3, -0.25) is 29.4 Å². The molecule has 2 fully saturated rings. The molecule has 310 valence electrons. The summed E-state index contributed by atoms with van der Waals surface area (Å²) in [5.41, 5.74) is 0.286. The fourth-order valence-electron chi connectivity index (χ4n) is 8.94. The van der Waals surface area contributed by atoms with E-state index >= 15 is 9.59 Å². The van der Waals surface area contributed by atoms with Gasteiger partial charge < -0.3 is 24.1 Å². The molecule has 6 atom stereocenters. The topological polar surface area (TPSA) is 175 Å². The number of carbonyl (C=O) groups excluding carboxylic acids is 4. The number of cyclic esters (lactones) is 1. The van der Waals surface area contributed by atoms with Crippen LogP contribution in [0.15, 0.2) is 140 Å². The smallest absolute Gasteiger partial charge is 0.421 e. The molecule has 2 amide bonds. The Hall–Kier alpha value is -6.43. The number of imide groups is 1. The zero-order valence-corrected chi connectivity index (χ0v) is 34.5. The number of hydrogen-bond acceptors (Lipinski definition) is 12. The standard InChI is InChI=1S/C46H38IN3O11/c1-2-24-59-42(52)37-39-43(53)61-40(30-13-7-4-8-14-30)38(29-11-5-3-6-12-29)49(39)41(33-15-9-10-16-36(33)58-25-23-51)46(37)34-26-31(47)19-22-35(34)48(44(46)54)45(55)60-27-28-17-20-32(21-18-28)50(56)57/h2-22,26,37-41,51H,1,23-25,27H2/t37-,38-,39-,40+,41+,46-/m1/s1. The average Bonchev–Trinajstić information content (AvgIpc) is 3.73. The summed E-state index contributed by atoms with van der Waals surface area (Å²) in [5, 5.41) is 21.2. The van der Waals surface area contributed by atoms with E-state index in [0.717, 1.165) is 4.90 Å². The Morgan fingerprint density at radius 2 is 1.56 bits per heavy atom. The van der Waals surface area contributed by atoms with Crippen molar-refractivity contribution in [3.05, 3.63) is 182 Å². The molecule has 1 spiro atoms. The molecule has 5 aromatic rings. The van der Waals surface area contributed by atoms with E-state index in [-0.39, 0.29) is 49.1 Å². The molecule has 1 N–H and O–H groups in total. The molecule has 0 saturated carbocycles. The van der Waals surface area contributed by atoms with E-state index in [4.69, 9.17) is 18.9 Å². The highest BCUT2D eigenvalue weighted by Crippen LogP contribution is 2.66. The van der Waals surface area contributed by atoms with Crippen molar-refractivity contribution < 1.29 is 48.2 Å². The van der Waals surface area contributed by atoms with Crippen molar-refractivity contribution in [3.8, 4) is 5.75 Å². The van der Waals surface area contributed by atoms with Crippen molar-refractivity contribution in [2.75, 3.05) is 24.7 Å². The van der Waals surface area contributed by atoms with Gasteiger partial charge in [-0.2, -0.15) is 0 Å². The first-order valence-corrected chi connectivity index (χ1v) is 20.4. The van der Waals surface area contributed by atoms with E-state index in [2.05, 4.69) is 29.2 Å².